The zero-order valence-corrected chi connectivity index (χ0v) is 12.5. The first-order chi connectivity index (χ1) is 10.2. The van der Waals surface area contributed by atoms with Crippen LogP contribution in [0.15, 0.2) is 53.7 Å². The molecule has 2 aromatic rings. The molecule has 0 amide bonds. The maximum Gasteiger partial charge on any atom is 0.172 e. The highest BCUT2D eigenvalue weighted by molar-refractivity contribution is 6.02. The van der Waals surface area contributed by atoms with E-state index >= 15 is 0 Å². The van der Waals surface area contributed by atoms with Gasteiger partial charge in [-0.3, -0.25) is 0 Å². The van der Waals surface area contributed by atoms with E-state index in [4.69, 9.17) is 10.9 Å². The van der Waals surface area contributed by atoms with E-state index in [-0.39, 0.29) is 5.84 Å². The minimum absolute atomic E-state index is 0.136. The van der Waals surface area contributed by atoms with Crippen molar-refractivity contribution in [3.63, 3.8) is 0 Å². The molecule has 0 saturated heterocycles. The third-order valence-corrected chi connectivity index (χ3v) is 3.48. The zero-order valence-electron chi connectivity index (χ0n) is 12.5. The van der Waals surface area contributed by atoms with Crippen molar-refractivity contribution in [1.29, 1.82) is 0 Å². The van der Waals surface area contributed by atoms with E-state index < -0.39 is 0 Å². The van der Waals surface area contributed by atoms with Crippen LogP contribution in [0.25, 0.3) is 0 Å². The first-order valence-electron chi connectivity index (χ1n) is 7.03. The average Bonchev–Trinajstić information content (AvgIpc) is 2.52. The fourth-order valence-electron chi connectivity index (χ4n) is 2.34. The van der Waals surface area contributed by atoms with Crippen molar-refractivity contribution in [2.75, 3.05) is 11.4 Å². The highest BCUT2D eigenvalue weighted by Crippen LogP contribution is 2.24. The van der Waals surface area contributed by atoms with Gasteiger partial charge in [0.05, 0.1) is 0 Å². The smallest absolute Gasteiger partial charge is 0.172 e. The van der Waals surface area contributed by atoms with E-state index in [1.54, 1.807) is 0 Å². The van der Waals surface area contributed by atoms with Crippen molar-refractivity contribution in [3.8, 4) is 0 Å². The highest BCUT2D eigenvalue weighted by Gasteiger charge is 2.13. The molecule has 21 heavy (non-hydrogen) atoms. The molecule has 0 aliphatic rings. The molecule has 0 fully saturated rings. The number of hydrogen-bond donors (Lipinski definition) is 2. The van der Waals surface area contributed by atoms with Gasteiger partial charge in [-0.2, -0.15) is 0 Å². The number of aryl methyl sites for hydroxylation is 1. The van der Waals surface area contributed by atoms with Gasteiger partial charge in [0.25, 0.3) is 0 Å². The Balaban J connectivity index is 2.39. The molecule has 0 bridgehead atoms. The fraction of sp³-hybridized carbons (Fsp3) is 0.235. The van der Waals surface area contributed by atoms with E-state index in [1.807, 2.05) is 37.3 Å². The molecule has 0 atom stereocenters. The molecule has 4 nitrogen and oxygen atoms in total. The molecule has 0 aliphatic carbocycles. The topological polar surface area (TPSA) is 61.8 Å². The molecule has 0 aliphatic heterocycles. The first kappa shape index (κ1) is 14.9. The molecule has 3 N–H and O–H groups in total. The minimum Gasteiger partial charge on any atom is -0.409 e. The van der Waals surface area contributed by atoms with Gasteiger partial charge in [0.2, 0.25) is 0 Å². The predicted molar refractivity (Wildman–Crippen MR) is 86.9 cm³/mol. The molecule has 0 saturated carbocycles. The van der Waals surface area contributed by atoms with Crippen LogP contribution in [0.2, 0.25) is 0 Å². The van der Waals surface area contributed by atoms with Crippen LogP contribution in [0.1, 0.15) is 23.6 Å². The molecule has 0 radical (unpaired) electrons. The van der Waals surface area contributed by atoms with Crippen LogP contribution in [-0.4, -0.2) is 17.6 Å². The summed E-state index contributed by atoms with van der Waals surface area (Å²) in [6, 6.07) is 16.2. The van der Waals surface area contributed by atoms with E-state index in [2.05, 4.69) is 35.2 Å². The number of benzene rings is 2. The van der Waals surface area contributed by atoms with Gasteiger partial charge in [0.15, 0.2) is 5.84 Å². The Morgan fingerprint density at radius 3 is 2.52 bits per heavy atom. The van der Waals surface area contributed by atoms with Gasteiger partial charge in [-0.05, 0) is 37.1 Å². The molecule has 4 heteroatoms. The summed E-state index contributed by atoms with van der Waals surface area (Å²) in [7, 11) is 0. The monoisotopic (exact) mass is 283 g/mol. The van der Waals surface area contributed by atoms with Gasteiger partial charge in [-0.15, -0.1) is 0 Å². The molecule has 0 heterocycles. The Morgan fingerprint density at radius 1 is 1.19 bits per heavy atom. The van der Waals surface area contributed by atoms with Gasteiger partial charge in [0, 0.05) is 24.3 Å². The summed E-state index contributed by atoms with van der Waals surface area (Å²) in [5.41, 5.74) is 9.91. The lowest BCUT2D eigenvalue weighted by Gasteiger charge is -2.26. The maximum absolute atomic E-state index is 8.97. The van der Waals surface area contributed by atoms with Crippen LogP contribution < -0.4 is 10.6 Å². The van der Waals surface area contributed by atoms with Crippen molar-refractivity contribution in [3.05, 3.63) is 65.2 Å². The Kier molecular flexibility index (Phi) is 4.82. The number of hydrogen-bond acceptors (Lipinski definition) is 3. The summed E-state index contributed by atoms with van der Waals surface area (Å²) >= 11 is 0. The average molecular weight is 283 g/mol. The van der Waals surface area contributed by atoms with Crippen LogP contribution in [0.5, 0.6) is 0 Å². The van der Waals surface area contributed by atoms with Crippen molar-refractivity contribution in [2.24, 2.45) is 10.9 Å². The number of nitrogens with two attached hydrogens (primary N) is 1. The molecule has 0 spiro atoms. The summed E-state index contributed by atoms with van der Waals surface area (Å²) in [5, 5.41) is 12.1. The summed E-state index contributed by atoms with van der Waals surface area (Å²) in [5.74, 6) is 0.136. The van der Waals surface area contributed by atoms with E-state index in [1.165, 1.54) is 5.56 Å². The molecular formula is C17H21N3O. The van der Waals surface area contributed by atoms with Crippen LogP contribution >= 0.6 is 0 Å². The third-order valence-electron chi connectivity index (χ3n) is 3.48. The predicted octanol–water partition coefficient (Wildman–Crippen LogP) is 3.12. The Morgan fingerprint density at radius 2 is 1.90 bits per heavy atom. The van der Waals surface area contributed by atoms with Crippen LogP contribution in [0, 0.1) is 6.92 Å². The van der Waals surface area contributed by atoms with Crippen LogP contribution in [-0.2, 0) is 6.54 Å². The maximum atomic E-state index is 8.97. The quantitative estimate of drug-likeness (QED) is 0.383. The van der Waals surface area contributed by atoms with E-state index in [0.29, 0.717) is 0 Å². The number of anilines is 1. The van der Waals surface area contributed by atoms with E-state index in [9.17, 15) is 0 Å². The lowest BCUT2D eigenvalue weighted by molar-refractivity contribution is 0.318. The number of oxime groups is 1. The lowest BCUT2D eigenvalue weighted by Crippen LogP contribution is -2.26. The molecule has 110 valence electrons. The molecular weight excluding hydrogens is 262 g/mol. The molecule has 0 unspecified atom stereocenters. The Bertz CT molecular complexity index is 623. The Hall–Kier alpha value is -2.49. The lowest BCUT2D eigenvalue weighted by atomic mass is 10.1. The van der Waals surface area contributed by atoms with Crippen molar-refractivity contribution in [2.45, 2.75) is 20.4 Å². The number of rotatable bonds is 5. The summed E-state index contributed by atoms with van der Waals surface area (Å²) in [6.45, 7) is 5.76. The van der Waals surface area contributed by atoms with Crippen LogP contribution in [0.3, 0.4) is 0 Å². The summed E-state index contributed by atoms with van der Waals surface area (Å²) in [4.78, 5) is 2.22. The van der Waals surface area contributed by atoms with Gasteiger partial charge in [-0.1, -0.05) is 41.6 Å². The van der Waals surface area contributed by atoms with Gasteiger partial charge in [0.1, 0.15) is 0 Å². The van der Waals surface area contributed by atoms with Gasteiger partial charge < -0.3 is 15.8 Å². The van der Waals surface area contributed by atoms with Gasteiger partial charge in [-0.25, -0.2) is 0 Å². The highest BCUT2D eigenvalue weighted by atomic mass is 16.4. The van der Waals surface area contributed by atoms with E-state index in [0.717, 1.165) is 29.9 Å². The van der Waals surface area contributed by atoms with Gasteiger partial charge >= 0.3 is 0 Å². The normalized spacial score (nSPS) is 11.4. The largest absolute Gasteiger partial charge is 0.409 e. The summed E-state index contributed by atoms with van der Waals surface area (Å²) < 4.78 is 0. The first-order valence-corrected chi connectivity index (χ1v) is 7.03. The summed E-state index contributed by atoms with van der Waals surface area (Å²) in [6.07, 6.45) is 0. The molecule has 2 rings (SSSR count). The second kappa shape index (κ2) is 6.79. The SMILES string of the molecule is CCN(Cc1ccccc1)c1cc(C)ccc1C(N)=NO. The van der Waals surface area contributed by atoms with Crippen molar-refractivity contribution >= 4 is 11.5 Å². The standard InChI is InChI=1S/C17H21N3O/c1-3-20(12-14-7-5-4-6-8-14)16-11-13(2)9-10-15(16)17(18)19-21/h4-11,21H,3,12H2,1-2H3,(H2,18,19). The second-order valence-electron chi connectivity index (χ2n) is 5.01. The third kappa shape index (κ3) is 3.54. The molecule has 0 aromatic heterocycles. The second-order valence-corrected chi connectivity index (χ2v) is 5.01. The Labute approximate surface area is 125 Å². The number of nitrogens with zero attached hydrogens (tertiary/aromatic N) is 2. The number of amidine groups is 1. The van der Waals surface area contributed by atoms with Crippen molar-refractivity contribution in [1.82, 2.24) is 0 Å². The minimum atomic E-state index is 0.136. The fourth-order valence-corrected chi connectivity index (χ4v) is 2.34. The zero-order chi connectivity index (χ0) is 15.2. The molecule has 2 aromatic carbocycles. The van der Waals surface area contributed by atoms with Crippen LogP contribution in [0.4, 0.5) is 5.69 Å². The van der Waals surface area contributed by atoms with Crippen molar-refractivity contribution < 1.29 is 5.21 Å².